The zero-order valence-electron chi connectivity index (χ0n) is 20.2. The van der Waals surface area contributed by atoms with Crippen molar-refractivity contribution >= 4 is 11.9 Å². The third-order valence-corrected chi connectivity index (χ3v) is 5.75. The van der Waals surface area contributed by atoms with E-state index in [1.165, 1.54) is 25.0 Å². The van der Waals surface area contributed by atoms with Gasteiger partial charge in [-0.3, -0.25) is 0 Å². The first kappa shape index (κ1) is 26.4. The fraction of sp³-hybridized carbons (Fsp3) is 0.379. The zero-order chi connectivity index (χ0) is 24.9. The minimum atomic E-state index is -1.62. The summed E-state index contributed by atoms with van der Waals surface area (Å²) in [6.45, 7) is 2.50. The number of ether oxygens (including phenoxy) is 3. The van der Waals surface area contributed by atoms with Gasteiger partial charge in [0, 0.05) is 0 Å². The highest BCUT2D eigenvalue weighted by atomic mass is 19.1. The molecule has 186 valence electrons. The van der Waals surface area contributed by atoms with Gasteiger partial charge in [-0.05, 0) is 36.3 Å². The Morgan fingerprint density at radius 3 is 2.23 bits per heavy atom. The summed E-state index contributed by atoms with van der Waals surface area (Å²) in [5, 5.41) is 0. The van der Waals surface area contributed by atoms with E-state index in [-0.39, 0.29) is 12.2 Å². The van der Waals surface area contributed by atoms with Gasteiger partial charge >= 0.3 is 11.9 Å². The highest BCUT2D eigenvalue weighted by Crippen LogP contribution is 2.34. The van der Waals surface area contributed by atoms with Gasteiger partial charge in [-0.25, -0.2) is 14.0 Å². The second-order valence-electron chi connectivity index (χ2n) is 8.57. The Kier molecular flexibility index (Phi) is 10.2. The first-order valence-corrected chi connectivity index (χ1v) is 12.2. The van der Waals surface area contributed by atoms with E-state index in [0.29, 0.717) is 12.2 Å². The molecule has 1 aliphatic rings. The Bertz CT molecular complexity index is 1020. The van der Waals surface area contributed by atoms with Crippen LogP contribution in [0.5, 0.6) is 0 Å². The number of halogens is 1. The molecular weight excluding hydrogens is 447 g/mol. The van der Waals surface area contributed by atoms with Gasteiger partial charge in [0.15, 0.2) is 0 Å². The summed E-state index contributed by atoms with van der Waals surface area (Å²) in [6, 6.07) is 17.6. The van der Waals surface area contributed by atoms with Crippen molar-refractivity contribution in [1.29, 1.82) is 0 Å². The number of hydrogen-bond acceptors (Lipinski definition) is 5. The highest BCUT2D eigenvalue weighted by molar-refractivity contribution is 5.93. The highest BCUT2D eigenvalue weighted by Gasteiger charge is 2.39. The van der Waals surface area contributed by atoms with Crippen LogP contribution in [0.3, 0.4) is 0 Å². The van der Waals surface area contributed by atoms with Crippen molar-refractivity contribution in [2.24, 2.45) is 0 Å². The minimum Gasteiger partial charge on any atom is -0.457 e. The van der Waals surface area contributed by atoms with Crippen molar-refractivity contribution in [1.82, 2.24) is 0 Å². The average molecular weight is 481 g/mol. The molecule has 0 fully saturated rings. The number of carbonyl (C=O) groups is 2. The largest absolute Gasteiger partial charge is 0.457 e. The van der Waals surface area contributed by atoms with Gasteiger partial charge in [-0.1, -0.05) is 87.6 Å². The monoisotopic (exact) mass is 480 g/mol. The molecule has 0 radical (unpaired) electrons. The van der Waals surface area contributed by atoms with Crippen LogP contribution in [0.1, 0.15) is 67.8 Å². The van der Waals surface area contributed by atoms with Crippen LogP contribution in [0.15, 0.2) is 84.2 Å². The van der Waals surface area contributed by atoms with Gasteiger partial charge in [-0.15, -0.1) is 0 Å². The second kappa shape index (κ2) is 13.6. The van der Waals surface area contributed by atoms with Crippen LogP contribution < -0.4 is 0 Å². The molecule has 0 amide bonds. The number of carbonyl (C=O) groups excluding carboxylic acids is 2. The smallest absolute Gasteiger partial charge is 0.341 e. The standard InChI is InChI=1S/C29H33FO5/c1-2-3-4-5-6-13-20-34-29(35-27(31)24-16-11-8-12-17-24)19-18-25(26(30)21-29)28(32)33-22-23-14-9-7-10-15-23/h7-12,14-19H,2-6,13,20-22H2,1H3. The number of hydrogen-bond donors (Lipinski definition) is 0. The Morgan fingerprint density at radius 2 is 1.54 bits per heavy atom. The third kappa shape index (κ3) is 8.18. The summed E-state index contributed by atoms with van der Waals surface area (Å²) in [5.74, 6) is -3.76. The summed E-state index contributed by atoms with van der Waals surface area (Å²) < 4.78 is 32.0. The van der Waals surface area contributed by atoms with Crippen molar-refractivity contribution in [3.63, 3.8) is 0 Å². The topological polar surface area (TPSA) is 61.8 Å². The van der Waals surface area contributed by atoms with Crippen molar-refractivity contribution in [3.8, 4) is 0 Å². The maximum Gasteiger partial charge on any atom is 0.341 e. The molecule has 3 rings (SSSR count). The van der Waals surface area contributed by atoms with E-state index in [2.05, 4.69) is 6.92 Å². The summed E-state index contributed by atoms with van der Waals surface area (Å²) in [5.41, 5.74) is 0.937. The molecule has 0 bridgehead atoms. The van der Waals surface area contributed by atoms with Crippen molar-refractivity contribution < 1.29 is 28.2 Å². The van der Waals surface area contributed by atoms with Gasteiger partial charge in [-0.2, -0.15) is 0 Å². The molecule has 6 heteroatoms. The van der Waals surface area contributed by atoms with Crippen LogP contribution in [0.2, 0.25) is 0 Å². The molecule has 0 aliphatic heterocycles. The molecule has 0 spiro atoms. The predicted octanol–water partition coefficient (Wildman–Crippen LogP) is 6.84. The molecular formula is C29H33FO5. The second-order valence-corrected chi connectivity index (χ2v) is 8.57. The fourth-order valence-electron chi connectivity index (χ4n) is 3.77. The Labute approximate surface area is 206 Å². The lowest BCUT2D eigenvalue weighted by Crippen LogP contribution is -2.39. The Morgan fingerprint density at radius 1 is 0.886 bits per heavy atom. The van der Waals surface area contributed by atoms with Gasteiger partial charge in [0.1, 0.15) is 12.4 Å². The molecule has 0 saturated carbocycles. The van der Waals surface area contributed by atoms with Gasteiger partial charge in [0.2, 0.25) is 5.79 Å². The van der Waals surface area contributed by atoms with Crippen LogP contribution >= 0.6 is 0 Å². The lowest BCUT2D eigenvalue weighted by molar-refractivity contribution is -0.173. The molecule has 0 N–H and O–H groups in total. The maximum absolute atomic E-state index is 15.1. The molecule has 35 heavy (non-hydrogen) atoms. The lowest BCUT2D eigenvalue weighted by Gasteiger charge is -2.32. The van der Waals surface area contributed by atoms with E-state index in [1.807, 2.05) is 30.3 Å². The number of esters is 2. The lowest BCUT2D eigenvalue weighted by atomic mass is 10.00. The summed E-state index contributed by atoms with van der Waals surface area (Å²) in [7, 11) is 0. The van der Waals surface area contributed by atoms with E-state index in [1.54, 1.807) is 30.3 Å². The van der Waals surface area contributed by atoms with Gasteiger partial charge < -0.3 is 14.2 Å². The van der Waals surface area contributed by atoms with E-state index in [4.69, 9.17) is 14.2 Å². The number of rotatable bonds is 13. The summed E-state index contributed by atoms with van der Waals surface area (Å²) >= 11 is 0. The van der Waals surface area contributed by atoms with Crippen molar-refractivity contribution in [3.05, 3.63) is 95.3 Å². The molecule has 2 aromatic carbocycles. The number of unbranched alkanes of at least 4 members (excludes halogenated alkanes) is 5. The van der Waals surface area contributed by atoms with Crippen LogP contribution in [0.25, 0.3) is 0 Å². The first-order valence-electron chi connectivity index (χ1n) is 12.2. The maximum atomic E-state index is 15.1. The molecule has 1 aliphatic carbocycles. The molecule has 0 aromatic heterocycles. The van der Waals surface area contributed by atoms with Crippen molar-refractivity contribution in [2.45, 2.75) is 64.3 Å². The minimum absolute atomic E-state index is 0.0347. The molecule has 1 atom stereocenters. The van der Waals surface area contributed by atoms with Gasteiger partial charge in [0.05, 0.1) is 24.2 Å². The van der Waals surface area contributed by atoms with Crippen LogP contribution in [0.4, 0.5) is 4.39 Å². The van der Waals surface area contributed by atoms with E-state index >= 15 is 4.39 Å². The fourth-order valence-corrected chi connectivity index (χ4v) is 3.77. The Hall–Kier alpha value is -3.25. The van der Waals surface area contributed by atoms with Crippen molar-refractivity contribution in [2.75, 3.05) is 6.61 Å². The predicted molar refractivity (Wildman–Crippen MR) is 132 cm³/mol. The zero-order valence-corrected chi connectivity index (χ0v) is 20.2. The van der Waals surface area contributed by atoms with E-state index in [9.17, 15) is 9.59 Å². The number of benzene rings is 2. The van der Waals surface area contributed by atoms with E-state index in [0.717, 1.165) is 31.2 Å². The van der Waals surface area contributed by atoms with Crippen LogP contribution in [-0.4, -0.2) is 24.3 Å². The molecule has 2 aromatic rings. The molecule has 0 saturated heterocycles. The SMILES string of the molecule is CCCCCCCCOC1(OC(=O)c2ccccc2)C=CC(C(=O)OCc2ccccc2)=C(F)C1. The van der Waals surface area contributed by atoms with E-state index < -0.39 is 30.0 Å². The summed E-state index contributed by atoms with van der Waals surface area (Å²) in [6.07, 6.45) is 8.68. The van der Waals surface area contributed by atoms with Crippen LogP contribution in [0, 0.1) is 0 Å². The normalized spacial score (nSPS) is 17.3. The first-order chi connectivity index (χ1) is 17.0. The molecule has 0 heterocycles. The van der Waals surface area contributed by atoms with Crippen LogP contribution in [-0.2, 0) is 25.6 Å². The van der Waals surface area contributed by atoms with Gasteiger partial charge in [0.25, 0.3) is 0 Å². The third-order valence-electron chi connectivity index (χ3n) is 5.75. The summed E-state index contributed by atoms with van der Waals surface area (Å²) in [4.78, 5) is 25.2. The quantitative estimate of drug-likeness (QED) is 0.178. The molecule has 1 unspecified atom stereocenters. The Balaban J connectivity index is 1.65. The average Bonchev–Trinajstić information content (AvgIpc) is 2.88. The molecule has 5 nitrogen and oxygen atoms in total.